The molecule has 1 saturated heterocycles. The zero-order chi connectivity index (χ0) is 15.0. The lowest BCUT2D eigenvalue weighted by molar-refractivity contribution is 0.0254. The number of esters is 1. The number of ether oxygens (including phenoxy) is 2. The molecule has 0 spiro atoms. The third kappa shape index (κ3) is 2.44. The average molecular weight is 294 g/mol. The van der Waals surface area contributed by atoms with Gasteiger partial charge < -0.3 is 20.1 Å². The lowest BCUT2D eigenvalue weighted by Gasteiger charge is -2.39. The monoisotopic (exact) mass is 294 g/mol. The zero-order valence-corrected chi connectivity index (χ0v) is 12.0. The van der Waals surface area contributed by atoms with Crippen molar-refractivity contribution in [2.45, 2.75) is 31.4 Å². The van der Waals surface area contributed by atoms with Crippen molar-refractivity contribution in [3.8, 4) is 0 Å². The van der Waals surface area contributed by atoms with Crippen LogP contribution in [0.5, 0.6) is 0 Å². The number of anilines is 2. The quantitative estimate of drug-likeness (QED) is 0.667. The van der Waals surface area contributed by atoms with Crippen LogP contribution in [0.2, 0.25) is 0 Å². The summed E-state index contributed by atoms with van der Waals surface area (Å²) < 4.78 is 24.8. The molecular weight excluding hydrogens is 275 g/mol. The van der Waals surface area contributed by atoms with Gasteiger partial charge in [0.25, 0.3) is 0 Å². The van der Waals surface area contributed by atoms with Crippen LogP contribution in [-0.2, 0) is 9.47 Å². The van der Waals surface area contributed by atoms with Gasteiger partial charge in [-0.1, -0.05) is 0 Å². The number of fused-ring (bicyclic) bond motifs is 1. The Labute approximate surface area is 122 Å². The lowest BCUT2D eigenvalue weighted by atomic mass is 10.1. The van der Waals surface area contributed by atoms with E-state index in [4.69, 9.17) is 15.2 Å². The maximum absolute atomic E-state index is 14.3. The first-order valence-corrected chi connectivity index (χ1v) is 7.17. The molecule has 1 aromatic carbocycles. The molecule has 0 aromatic heterocycles. The third-order valence-corrected chi connectivity index (χ3v) is 4.32. The number of hydrogen-bond donors (Lipinski definition) is 1. The molecule has 5 nitrogen and oxygen atoms in total. The normalized spacial score (nSPS) is 24.8. The van der Waals surface area contributed by atoms with Crippen LogP contribution in [0.15, 0.2) is 12.1 Å². The molecule has 1 aliphatic carbocycles. The predicted molar refractivity (Wildman–Crippen MR) is 76.9 cm³/mol. The second-order valence-electron chi connectivity index (χ2n) is 5.48. The molecule has 1 heterocycles. The van der Waals surface area contributed by atoms with Crippen LogP contribution in [0.1, 0.15) is 29.6 Å². The number of nitrogens with zero attached hydrogens (tertiary/aromatic N) is 1. The van der Waals surface area contributed by atoms with Crippen LogP contribution in [0.3, 0.4) is 0 Å². The number of rotatable bonds is 2. The smallest absolute Gasteiger partial charge is 0.340 e. The molecular formula is C15H19FN2O3. The maximum atomic E-state index is 14.3. The minimum absolute atomic E-state index is 0.0966. The standard InChI is InChI=1S/C15H19FN2O3/c1-20-15(19)9-7-13(10(16)8-11(9)17)18-5-6-21-14-4-2-3-12(14)18/h7-8,12,14H,2-6,17H2,1H3. The van der Waals surface area contributed by atoms with E-state index in [1.807, 2.05) is 4.90 Å². The summed E-state index contributed by atoms with van der Waals surface area (Å²) in [6.45, 7) is 1.18. The molecule has 1 saturated carbocycles. The van der Waals surface area contributed by atoms with E-state index in [-0.39, 0.29) is 23.4 Å². The fourth-order valence-corrected chi connectivity index (χ4v) is 3.31. The van der Waals surface area contributed by atoms with Gasteiger partial charge in [-0.2, -0.15) is 0 Å². The van der Waals surface area contributed by atoms with E-state index in [0.29, 0.717) is 18.8 Å². The Bertz CT molecular complexity index is 564. The molecule has 0 amide bonds. The van der Waals surface area contributed by atoms with E-state index in [0.717, 1.165) is 19.3 Å². The van der Waals surface area contributed by atoms with Crippen LogP contribution in [0.4, 0.5) is 15.8 Å². The topological polar surface area (TPSA) is 64.8 Å². The fraction of sp³-hybridized carbons (Fsp3) is 0.533. The van der Waals surface area contributed by atoms with E-state index in [9.17, 15) is 9.18 Å². The van der Waals surface area contributed by atoms with Crippen molar-refractivity contribution in [3.05, 3.63) is 23.5 Å². The number of methoxy groups -OCH3 is 1. The number of nitrogen functional groups attached to an aromatic ring is 1. The molecule has 0 radical (unpaired) electrons. The molecule has 2 N–H and O–H groups in total. The number of benzene rings is 1. The molecule has 21 heavy (non-hydrogen) atoms. The molecule has 2 unspecified atom stereocenters. The van der Waals surface area contributed by atoms with Crippen molar-refractivity contribution in [2.24, 2.45) is 0 Å². The summed E-state index contributed by atoms with van der Waals surface area (Å²) in [5, 5.41) is 0. The molecule has 3 rings (SSSR count). The average Bonchev–Trinajstić information content (AvgIpc) is 2.95. The number of morpholine rings is 1. The number of halogens is 1. The van der Waals surface area contributed by atoms with Crippen molar-refractivity contribution in [2.75, 3.05) is 30.9 Å². The first kappa shape index (κ1) is 14.1. The third-order valence-electron chi connectivity index (χ3n) is 4.32. The van der Waals surface area contributed by atoms with Crippen molar-refractivity contribution in [3.63, 3.8) is 0 Å². The molecule has 2 atom stereocenters. The highest BCUT2D eigenvalue weighted by Crippen LogP contribution is 2.35. The summed E-state index contributed by atoms with van der Waals surface area (Å²) >= 11 is 0. The van der Waals surface area contributed by atoms with Crippen molar-refractivity contribution < 1.29 is 18.7 Å². The van der Waals surface area contributed by atoms with E-state index in [1.54, 1.807) is 0 Å². The van der Waals surface area contributed by atoms with E-state index >= 15 is 0 Å². The summed E-state index contributed by atoms with van der Waals surface area (Å²) in [5.74, 6) is -0.960. The molecule has 114 valence electrons. The van der Waals surface area contributed by atoms with Gasteiger partial charge >= 0.3 is 5.97 Å². The van der Waals surface area contributed by atoms with Gasteiger partial charge in [0.05, 0.1) is 37.1 Å². The minimum atomic E-state index is -0.551. The highest BCUT2D eigenvalue weighted by molar-refractivity contribution is 5.96. The lowest BCUT2D eigenvalue weighted by Crippen LogP contribution is -2.49. The van der Waals surface area contributed by atoms with Gasteiger partial charge in [0.1, 0.15) is 5.82 Å². The van der Waals surface area contributed by atoms with Gasteiger partial charge in [-0.05, 0) is 31.4 Å². The summed E-state index contributed by atoms with van der Waals surface area (Å²) in [4.78, 5) is 13.7. The van der Waals surface area contributed by atoms with Crippen LogP contribution >= 0.6 is 0 Å². The Morgan fingerprint density at radius 1 is 1.48 bits per heavy atom. The van der Waals surface area contributed by atoms with Crippen molar-refractivity contribution >= 4 is 17.3 Å². The van der Waals surface area contributed by atoms with Crippen LogP contribution in [-0.4, -0.2) is 38.4 Å². The molecule has 6 heteroatoms. The van der Waals surface area contributed by atoms with E-state index in [2.05, 4.69) is 0 Å². The van der Waals surface area contributed by atoms with Gasteiger partial charge in [0, 0.05) is 12.2 Å². The maximum Gasteiger partial charge on any atom is 0.340 e. The Morgan fingerprint density at radius 3 is 3.05 bits per heavy atom. The highest BCUT2D eigenvalue weighted by atomic mass is 19.1. The zero-order valence-electron chi connectivity index (χ0n) is 12.0. The Kier molecular flexibility index (Phi) is 3.71. The SMILES string of the molecule is COC(=O)c1cc(N2CCOC3CCCC32)c(F)cc1N. The van der Waals surface area contributed by atoms with E-state index in [1.165, 1.54) is 19.2 Å². The minimum Gasteiger partial charge on any atom is -0.465 e. The summed E-state index contributed by atoms with van der Waals surface area (Å²) in [6, 6.07) is 2.86. The highest BCUT2D eigenvalue weighted by Gasteiger charge is 2.37. The van der Waals surface area contributed by atoms with Crippen LogP contribution in [0, 0.1) is 5.82 Å². The second kappa shape index (κ2) is 5.52. The van der Waals surface area contributed by atoms with Crippen LogP contribution in [0.25, 0.3) is 0 Å². The van der Waals surface area contributed by atoms with Crippen LogP contribution < -0.4 is 10.6 Å². The molecule has 2 aliphatic rings. The first-order chi connectivity index (χ1) is 10.1. The van der Waals surface area contributed by atoms with Gasteiger partial charge in [-0.3, -0.25) is 0 Å². The Morgan fingerprint density at radius 2 is 2.29 bits per heavy atom. The van der Waals surface area contributed by atoms with Crippen molar-refractivity contribution in [1.82, 2.24) is 0 Å². The van der Waals surface area contributed by atoms with Gasteiger partial charge in [-0.25, -0.2) is 9.18 Å². The Hall–Kier alpha value is -1.82. The second-order valence-corrected chi connectivity index (χ2v) is 5.48. The van der Waals surface area contributed by atoms with Gasteiger partial charge in [-0.15, -0.1) is 0 Å². The molecule has 1 aliphatic heterocycles. The summed E-state index contributed by atoms with van der Waals surface area (Å²) in [5.41, 5.74) is 6.43. The largest absolute Gasteiger partial charge is 0.465 e. The van der Waals surface area contributed by atoms with E-state index < -0.39 is 11.8 Å². The molecule has 2 fully saturated rings. The number of nitrogens with two attached hydrogens (primary N) is 1. The number of carbonyl (C=O) groups excluding carboxylic acids is 1. The number of carbonyl (C=O) groups is 1. The van der Waals surface area contributed by atoms with Gasteiger partial charge in [0.15, 0.2) is 0 Å². The Balaban J connectivity index is 1.99. The first-order valence-electron chi connectivity index (χ1n) is 7.17. The molecule has 1 aromatic rings. The fourth-order valence-electron chi connectivity index (χ4n) is 3.31. The predicted octanol–water partition coefficient (Wildman–Crippen LogP) is 1.95. The summed E-state index contributed by atoms with van der Waals surface area (Å²) in [7, 11) is 1.28. The molecule has 0 bridgehead atoms. The van der Waals surface area contributed by atoms with Gasteiger partial charge in [0.2, 0.25) is 0 Å². The summed E-state index contributed by atoms with van der Waals surface area (Å²) in [6.07, 6.45) is 3.20. The van der Waals surface area contributed by atoms with Crippen molar-refractivity contribution in [1.29, 1.82) is 0 Å². The number of hydrogen-bond acceptors (Lipinski definition) is 5.